The summed E-state index contributed by atoms with van der Waals surface area (Å²) in [5.41, 5.74) is 1.24. The van der Waals surface area contributed by atoms with E-state index in [0.29, 0.717) is 19.6 Å². The first-order chi connectivity index (χ1) is 8.25. The Morgan fingerprint density at radius 1 is 1.47 bits per heavy atom. The number of nitrogens with zero attached hydrogens (tertiary/aromatic N) is 1. The summed E-state index contributed by atoms with van der Waals surface area (Å²) in [6, 6.07) is 9.51. The zero-order valence-electron chi connectivity index (χ0n) is 9.54. The van der Waals surface area contributed by atoms with Gasteiger partial charge >= 0.3 is 0 Å². The number of rotatable bonds is 4. The third kappa shape index (κ3) is 3.39. The van der Waals surface area contributed by atoms with Crippen LogP contribution < -0.4 is 0 Å². The first kappa shape index (κ1) is 11.8. The topological polar surface area (TPSA) is 52.4 Å². The van der Waals surface area contributed by atoms with Crippen LogP contribution in [0.5, 0.6) is 0 Å². The van der Waals surface area contributed by atoms with Crippen LogP contribution in [-0.2, 0) is 11.2 Å². The van der Waals surface area contributed by atoms with E-state index in [1.165, 1.54) is 0 Å². The van der Waals surface area contributed by atoms with E-state index in [-0.39, 0.29) is 16.5 Å². The van der Waals surface area contributed by atoms with Crippen molar-refractivity contribution in [1.82, 2.24) is 0 Å². The van der Waals surface area contributed by atoms with Crippen LogP contribution in [0, 0.1) is 16.0 Å². The zero-order valence-corrected chi connectivity index (χ0v) is 9.54. The number of ether oxygens (including phenoxy) is 1. The summed E-state index contributed by atoms with van der Waals surface area (Å²) >= 11 is 0. The third-order valence-electron chi connectivity index (χ3n) is 2.86. The first-order valence-corrected chi connectivity index (χ1v) is 5.72. The lowest BCUT2D eigenvalue weighted by Crippen LogP contribution is -2.06. The molecular formula is C13H15NO3. The minimum absolute atomic E-state index is 0.194. The Labute approximate surface area is 100 Å². The van der Waals surface area contributed by atoms with E-state index in [4.69, 9.17) is 4.74 Å². The van der Waals surface area contributed by atoms with Gasteiger partial charge in [0.2, 0.25) is 5.70 Å². The second-order valence-electron chi connectivity index (χ2n) is 4.20. The second kappa shape index (κ2) is 5.59. The van der Waals surface area contributed by atoms with Crippen LogP contribution >= 0.6 is 0 Å². The normalized spacial score (nSPS) is 20.5. The molecule has 1 saturated heterocycles. The maximum atomic E-state index is 11.0. The monoisotopic (exact) mass is 233 g/mol. The van der Waals surface area contributed by atoms with Crippen molar-refractivity contribution in [2.45, 2.75) is 12.8 Å². The quantitative estimate of drug-likeness (QED) is 0.592. The molecule has 1 fully saturated rings. The molecule has 0 N–H and O–H groups in total. The second-order valence-corrected chi connectivity index (χ2v) is 4.20. The van der Waals surface area contributed by atoms with Gasteiger partial charge in [0.1, 0.15) is 0 Å². The number of hydrogen-bond acceptors (Lipinski definition) is 3. The molecule has 1 aromatic carbocycles. The van der Waals surface area contributed by atoms with Crippen LogP contribution in [0.3, 0.4) is 0 Å². The summed E-state index contributed by atoms with van der Waals surface area (Å²) < 4.78 is 5.22. The Balaban J connectivity index is 2.09. The van der Waals surface area contributed by atoms with Crippen molar-refractivity contribution in [3.05, 3.63) is 57.8 Å². The predicted molar refractivity (Wildman–Crippen MR) is 64.1 cm³/mol. The highest BCUT2D eigenvalue weighted by molar-refractivity contribution is 5.19. The molecule has 0 spiro atoms. The van der Waals surface area contributed by atoms with E-state index >= 15 is 0 Å². The molecule has 0 aliphatic carbocycles. The standard InChI is InChI=1S/C13H15NO3/c15-14(16)13(9-12-6-7-17-10-12)8-11-4-2-1-3-5-11/h1-5,9,12H,6-8,10H2/b13-9-. The van der Waals surface area contributed by atoms with E-state index in [0.717, 1.165) is 12.0 Å². The summed E-state index contributed by atoms with van der Waals surface area (Å²) in [6.45, 7) is 1.31. The predicted octanol–water partition coefficient (Wildman–Crippen LogP) is 2.43. The molecule has 1 atom stereocenters. The smallest absolute Gasteiger partial charge is 0.247 e. The maximum Gasteiger partial charge on any atom is 0.247 e. The molecule has 1 unspecified atom stereocenters. The molecule has 90 valence electrons. The molecule has 4 nitrogen and oxygen atoms in total. The first-order valence-electron chi connectivity index (χ1n) is 5.72. The Morgan fingerprint density at radius 3 is 2.82 bits per heavy atom. The van der Waals surface area contributed by atoms with Gasteiger partial charge in [-0.1, -0.05) is 30.3 Å². The Bertz CT molecular complexity index is 408. The van der Waals surface area contributed by atoms with Crippen molar-refractivity contribution in [3.63, 3.8) is 0 Å². The molecule has 0 amide bonds. The highest BCUT2D eigenvalue weighted by Crippen LogP contribution is 2.18. The van der Waals surface area contributed by atoms with Crippen LogP contribution in [0.1, 0.15) is 12.0 Å². The molecule has 0 saturated carbocycles. The minimum Gasteiger partial charge on any atom is -0.381 e. The van der Waals surface area contributed by atoms with Gasteiger partial charge in [0.25, 0.3) is 0 Å². The average Bonchev–Trinajstić information content (AvgIpc) is 2.82. The largest absolute Gasteiger partial charge is 0.381 e. The molecule has 0 radical (unpaired) electrons. The zero-order chi connectivity index (χ0) is 12.1. The molecule has 4 heteroatoms. The van der Waals surface area contributed by atoms with Crippen LogP contribution in [0.15, 0.2) is 42.1 Å². The van der Waals surface area contributed by atoms with Crippen LogP contribution in [0.25, 0.3) is 0 Å². The molecule has 0 aromatic heterocycles. The molecular weight excluding hydrogens is 218 g/mol. The molecule has 1 aliphatic rings. The Morgan fingerprint density at radius 2 is 2.24 bits per heavy atom. The van der Waals surface area contributed by atoms with Gasteiger partial charge in [-0.15, -0.1) is 0 Å². The Hall–Kier alpha value is -1.68. The van der Waals surface area contributed by atoms with Gasteiger partial charge in [-0.2, -0.15) is 0 Å². The van der Waals surface area contributed by atoms with Gasteiger partial charge in [-0.3, -0.25) is 10.1 Å². The fourth-order valence-electron chi connectivity index (χ4n) is 1.95. The van der Waals surface area contributed by atoms with Gasteiger partial charge in [-0.05, 0) is 18.1 Å². The fraction of sp³-hybridized carbons (Fsp3) is 0.385. The van der Waals surface area contributed by atoms with Gasteiger partial charge in [0.15, 0.2) is 0 Å². The van der Waals surface area contributed by atoms with Gasteiger partial charge in [0, 0.05) is 12.5 Å². The van der Waals surface area contributed by atoms with Crippen LogP contribution in [0.4, 0.5) is 0 Å². The molecule has 2 rings (SSSR count). The molecule has 1 aliphatic heterocycles. The van der Waals surface area contributed by atoms with E-state index in [9.17, 15) is 10.1 Å². The van der Waals surface area contributed by atoms with Crippen LogP contribution in [0.2, 0.25) is 0 Å². The lowest BCUT2D eigenvalue weighted by molar-refractivity contribution is -0.427. The summed E-state index contributed by atoms with van der Waals surface area (Å²) in [4.78, 5) is 10.7. The summed E-state index contributed by atoms with van der Waals surface area (Å²) in [5, 5.41) is 11.0. The van der Waals surface area contributed by atoms with E-state index in [1.807, 2.05) is 30.3 Å². The Kier molecular flexibility index (Phi) is 3.88. The number of benzene rings is 1. The van der Waals surface area contributed by atoms with Crippen molar-refractivity contribution in [1.29, 1.82) is 0 Å². The number of hydrogen-bond donors (Lipinski definition) is 0. The minimum atomic E-state index is -0.286. The van der Waals surface area contributed by atoms with Crippen molar-refractivity contribution in [2.24, 2.45) is 5.92 Å². The van der Waals surface area contributed by atoms with Crippen molar-refractivity contribution >= 4 is 0 Å². The lowest BCUT2D eigenvalue weighted by Gasteiger charge is -2.02. The SMILES string of the molecule is O=[N+]([O-])/C(=C\C1CCOC1)Cc1ccccc1. The van der Waals surface area contributed by atoms with Crippen molar-refractivity contribution < 1.29 is 9.66 Å². The van der Waals surface area contributed by atoms with E-state index < -0.39 is 0 Å². The van der Waals surface area contributed by atoms with Gasteiger partial charge in [-0.25, -0.2) is 0 Å². The molecule has 1 aromatic rings. The molecule has 0 bridgehead atoms. The maximum absolute atomic E-state index is 11.0. The van der Waals surface area contributed by atoms with Crippen molar-refractivity contribution in [2.75, 3.05) is 13.2 Å². The summed E-state index contributed by atoms with van der Waals surface area (Å²) in [7, 11) is 0. The summed E-state index contributed by atoms with van der Waals surface area (Å²) in [6.07, 6.45) is 3.01. The number of nitro groups is 1. The van der Waals surface area contributed by atoms with E-state index in [1.54, 1.807) is 6.08 Å². The van der Waals surface area contributed by atoms with Crippen LogP contribution in [-0.4, -0.2) is 18.1 Å². The highest BCUT2D eigenvalue weighted by Gasteiger charge is 2.19. The van der Waals surface area contributed by atoms with Gasteiger partial charge < -0.3 is 4.74 Å². The average molecular weight is 233 g/mol. The van der Waals surface area contributed by atoms with E-state index in [2.05, 4.69) is 0 Å². The fourth-order valence-corrected chi connectivity index (χ4v) is 1.95. The third-order valence-corrected chi connectivity index (χ3v) is 2.86. The van der Waals surface area contributed by atoms with Gasteiger partial charge in [0.05, 0.1) is 18.0 Å². The highest BCUT2D eigenvalue weighted by atomic mass is 16.6. The summed E-state index contributed by atoms with van der Waals surface area (Å²) in [5.74, 6) is 0.194. The molecule has 1 heterocycles. The lowest BCUT2D eigenvalue weighted by atomic mass is 10.0. The molecule has 17 heavy (non-hydrogen) atoms. The van der Waals surface area contributed by atoms with Crippen molar-refractivity contribution in [3.8, 4) is 0 Å². The number of allylic oxidation sites excluding steroid dienone is 1.